The van der Waals surface area contributed by atoms with E-state index in [0.29, 0.717) is 11.0 Å². The summed E-state index contributed by atoms with van der Waals surface area (Å²) in [5, 5.41) is 14.5. The molecule has 5 aromatic rings. The maximum Gasteiger partial charge on any atom is 0.250 e. The molecule has 0 fully saturated rings. The lowest BCUT2D eigenvalue weighted by Crippen LogP contribution is -2.20. The molecule has 0 aliphatic carbocycles. The van der Waals surface area contributed by atoms with E-state index in [4.69, 9.17) is 0 Å². The topological polar surface area (TPSA) is 101 Å². The van der Waals surface area contributed by atoms with E-state index in [0.717, 1.165) is 27.7 Å². The number of thioether (sulfide) groups is 1. The average molecular weight is 454 g/mol. The summed E-state index contributed by atoms with van der Waals surface area (Å²) in [5.41, 5.74) is 6.31. The Morgan fingerprint density at radius 2 is 1.82 bits per heavy atom. The lowest BCUT2D eigenvalue weighted by molar-refractivity contribution is -0.118. The molecule has 0 saturated carbocycles. The minimum absolute atomic E-state index is 0.145. The van der Waals surface area contributed by atoms with Crippen molar-refractivity contribution in [1.82, 2.24) is 30.2 Å². The predicted octanol–water partition coefficient (Wildman–Crippen LogP) is 4.05. The smallest absolute Gasteiger partial charge is 0.250 e. The maximum atomic E-state index is 12.4. The number of carbonyl (C=O) groups is 1. The molecule has 162 valence electrons. The van der Waals surface area contributed by atoms with Gasteiger partial charge in [0, 0.05) is 46.3 Å². The largest absolute Gasteiger partial charge is 0.361 e. The van der Waals surface area contributed by atoms with Crippen molar-refractivity contribution in [3.05, 3.63) is 90.9 Å². The Morgan fingerprint density at radius 1 is 1.03 bits per heavy atom. The van der Waals surface area contributed by atoms with Crippen molar-refractivity contribution in [1.29, 1.82) is 0 Å². The molecule has 0 saturated heterocycles. The average Bonchev–Trinajstić information content (AvgIpc) is 3.48. The first-order valence-electron chi connectivity index (χ1n) is 10.2. The van der Waals surface area contributed by atoms with E-state index in [1.54, 1.807) is 18.6 Å². The van der Waals surface area contributed by atoms with Crippen LogP contribution in [-0.4, -0.2) is 42.6 Å². The highest BCUT2D eigenvalue weighted by atomic mass is 32.2. The molecule has 3 aromatic heterocycles. The second kappa shape index (κ2) is 9.49. The van der Waals surface area contributed by atoms with Crippen molar-refractivity contribution in [3.8, 4) is 17.1 Å². The van der Waals surface area contributed by atoms with E-state index in [-0.39, 0.29) is 11.7 Å². The number of nitrogens with zero attached hydrogens (tertiary/aromatic N) is 5. The van der Waals surface area contributed by atoms with Gasteiger partial charge in [-0.3, -0.25) is 14.3 Å². The first kappa shape index (κ1) is 20.7. The standard InChI is InChI=1S/C24H19N7OS/c32-22(28-27-15-18-14-26-21-9-5-4-8-20(18)21)16-33-24-30-29-23(17-10-12-25-13-11-17)31(24)19-6-2-1-3-7-19/h1-15,26H,16H2,(H,28,32). The fourth-order valence-corrected chi connectivity index (χ4v) is 4.14. The van der Waals surface area contributed by atoms with Crippen LogP contribution in [0.3, 0.4) is 0 Å². The Bertz CT molecular complexity index is 1410. The molecule has 5 rings (SSSR count). The van der Waals surface area contributed by atoms with E-state index < -0.39 is 0 Å². The van der Waals surface area contributed by atoms with E-state index in [1.165, 1.54) is 11.8 Å². The van der Waals surface area contributed by atoms with Crippen molar-refractivity contribution in [2.24, 2.45) is 5.10 Å². The zero-order chi connectivity index (χ0) is 22.5. The van der Waals surface area contributed by atoms with Crippen LogP contribution in [0.4, 0.5) is 0 Å². The number of fused-ring (bicyclic) bond motifs is 1. The number of hydrogen-bond acceptors (Lipinski definition) is 6. The summed E-state index contributed by atoms with van der Waals surface area (Å²) in [6.07, 6.45) is 6.92. The third kappa shape index (κ3) is 4.53. The van der Waals surface area contributed by atoms with Crippen LogP contribution in [0.5, 0.6) is 0 Å². The van der Waals surface area contributed by atoms with Gasteiger partial charge in [0.1, 0.15) is 0 Å². The van der Waals surface area contributed by atoms with Crippen molar-refractivity contribution in [2.45, 2.75) is 5.16 Å². The number of aromatic nitrogens is 5. The summed E-state index contributed by atoms with van der Waals surface area (Å²) < 4.78 is 1.93. The van der Waals surface area contributed by atoms with E-state index in [1.807, 2.05) is 77.5 Å². The van der Waals surface area contributed by atoms with Crippen LogP contribution in [0.1, 0.15) is 5.56 Å². The number of pyridine rings is 1. The molecular weight excluding hydrogens is 434 g/mol. The Kier molecular flexibility index (Phi) is 5.94. The van der Waals surface area contributed by atoms with Gasteiger partial charge in [0.25, 0.3) is 5.91 Å². The number of nitrogens with one attached hydrogen (secondary N) is 2. The van der Waals surface area contributed by atoms with E-state index in [9.17, 15) is 4.79 Å². The highest BCUT2D eigenvalue weighted by Gasteiger charge is 2.17. The van der Waals surface area contributed by atoms with Crippen LogP contribution in [0.15, 0.2) is 95.6 Å². The van der Waals surface area contributed by atoms with Crippen LogP contribution < -0.4 is 5.43 Å². The summed E-state index contributed by atoms with van der Waals surface area (Å²) in [7, 11) is 0. The Labute approximate surface area is 193 Å². The van der Waals surface area contributed by atoms with Gasteiger partial charge in [-0.2, -0.15) is 5.10 Å². The minimum atomic E-state index is -0.232. The van der Waals surface area contributed by atoms with Gasteiger partial charge in [0.15, 0.2) is 11.0 Å². The summed E-state index contributed by atoms with van der Waals surface area (Å²) in [5.74, 6) is 0.597. The first-order valence-corrected chi connectivity index (χ1v) is 11.2. The SMILES string of the molecule is O=C(CSc1nnc(-c2ccncc2)n1-c1ccccc1)NN=Cc1c[nH]c2ccccc12. The van der Waals surface area contributed by atoms with Gasteiger partial charge in [0.2, 0.25) is 0 Å². The normalized spacial score (nSPS) is 11.3. The number of H-pyrrole nitrogens is 1. The molecule has 8 nitrogen and oxygen atoms in total. The lowest BCUT2D eigenvalue weighted by Gasteiger charge is -2.10. The Hall–Kier alpha value is -4.24. The van der Waals surface area contributed by atoms with E-state index >= 15 is 0 Å². The highest BCUT2D eigenvalue weighted by Crippen LogP contribution is 2.27. The van der Waals surface area contributed by atoms with Crippen LogP contribution in [0.2, 0.25) is 0 Å². The van der Waals surface area contributed by atoms with E-state index in [2.05, 4.69) is 30.7 Å². The van der Waals surface area contributed by atoms with Crippen LogP contribution in [0.25, 0.3) is 28.0 Å². The molecular formula is C24H19N7OS. The van der Waals surface area contributed by atoms with Crippen molar-refractivity contribution in [2.75, 3.05) is 5.75 Å². The van der Waals surface area contributed by atoms with Gasteiger partial charge in [-0.15, -0.1) is 10.2 Å². The number of para-hydroxylation sites is 2. The van der Waals surface area contributed by atoms with Crippen LogP contribution in [-0.2, 0) is 4.79 Å². The van der Waals surface area contributed by atoms with Crippen molar-refractivity contribution in [3.63, 3.8) is 0 Å². The molecule has 0 radical (unpaired) electrons. The van der Waals surface area contributed by atoms with Gasteiger partial charge < -0.3 is 4.98 Å². The molecule has 0 spiro atoms. The molecule has 2 aromatic carbocycles. The molecule has 3 heterocycles. The predicted molar refractivity (Wildman–Crippen MR) is 129 cm³/mol. The molecule has 0 bridgehead atoms. The van der Waals surface area contributed by atoms with Gasteiger partial charge in [0.05, 0.1) is 12.0 Å². The molecule has 0 aliphatic rings. The molecule has 0 unspecified atom stereocenters. The highest BCUT2D eigenvalue weighted by molar-refractivity contribution is 7.99. The summed E-state index contributed by atoms with van der Waals surface area (Å²) in [6.45, 7) is 0. The zero-order valence-electron chi connectivity index (χ0n) is 17.4. The zero-order valence-corrected chi connectivity index (χ0v) is 18.2. The third-order valence-corrected chi connectivity index (χ3v) is 5.86. The van der Waals surface area contributed by atoms with Crippen molar-refractivity contribution < 1.29 is 4.79 Å². The number of amides is 1. The number of hydrogen-bond donors (Lipinski definition) is 2. The maximum absolute atomic E-state index is 12.4. The third-order valence-electron chi connectivity index (χ3n) is 4.93. The monoisotopic (exact) mass is 453 g/mol. The minimum Gasteiger partial charge on any atom is -0.361 e. The fourth-order valence-electron chi connectivity index (χ4n) is 3.40. The molecule has 9 heteroatoms. The number of aromatic amines is 1. The van der Waals surface area contributed by atoms with Gasteiger partial charge in [-0.1, -0.05) is 48.2 Å². The van der Waals surface area contributed by atoms with Crippen molar-refractivity contribution >= 4 is 34.8 Å². The fraction of sp³-hybridized carbons (Fsp3) is 0.0417. The van der Waals surface area contributed by atoms with Gasteiger partial charge in [-0.25, -0.2) is 5.43 Å². The van der Waals surface area contributed by atoms with Crippen LogP contribution >= 0.6 is 11.8 Å². The Balaban J connectivity index is 1.30. The second-order valence-electron chi connectivity index (χ2n) is 7.08. The lowest BCUT2D eigenvalue weighted by atomic mass is 10.2. The molecule has 2 N–H and O–H groups in total. The second-order valence-corrected chi connectivity index (χ2v) is 8.03. The van der Waals surface area contributed by atoms with Gasteiger partial charge in [-0.05, 0) is 30.3 Å². The Morgan fingerprint density at radius 3 is 2.67 bits per heavy atom. The molecule has 1 amide bonds. The summed E-state index contributed by atoms with van der Waals surface area (Å²) in [6, 6.07) is 21.5. The number of benzene rings is 2. The molecule has 33 heavy (non-hydrogen) atoms. The number of hydrazone groups is 1. The summed E-state index contributed by atoms with van der Waals surface area (Å²) in [4.78, 5) is 19.7. The quantitative estimate of drug-likeness (QED) is 0.220. The van der Waals surface area contributed by atoms with Gasteiger partial charge >= 0.3 is 0 Å². The molecule has 0 aliphatic heterocycles. The number of rotatable bonds is 7. The first-order chi connectivity index (χ1) is 16.3. The van der Waals surface area contributed by atoms with Crippen LogP contribution in [0, 0.1) is 0 Å². The summed E-state index contributed by atoms with van der Waals surface area (Å²) >= 11 is 1.30. The number of carbonyl (C=O) groups excluding carboxylic acids is 1. The molecule has 0 atom stereocenters.